The zero-order chi connectivity index (χ0) is 19.6. The molecule has 0 atom stereocenters. The Labute approximate surface area is 156 Å². The second-order valence-corrected chi connectivity index (χ2v) is 8.20. The third-order valence-corrected chi connectivity index (χ3v) is 5.67. The highest BCUT2D eigenvalue weighted by atomic mass is 32.2. The van der Waals surface area contributed by atoms with Gasteiger partial charge in [0.1, 0.15) is 0 Å². The third-order valence-electron chi connectivity index (χ3n) is 3.84. The van der Waals surface area contributed by atoms with Crippen molar-refractivity contribution in [2.75, 3.05) is 19.4 Å². The maximum Gasteiger partial charge on any atom is 0.322 e. The molecular weight excluding hydrogens is 368 g/mol. The Kier molecular flexibility index (Phi) is 5.06. The predicted octanol–water partition coefficient (Wildman–Crippen LogP) is 2.55. The van der Waals surface area contributed by atoms with E-state index in [4.69, 9.17) is 4.42 Å². The number of nitrogens with one attached hydrogen (secondary N) is 1. The van der Waals surface area contributed by atoms with Crippen LogP contribution in [0.5, 0.6) is 0 Å². The van der Waals surface area contributed by atoms with E-state index < -0.39 is 15.9 Å². The molecule has 0 radical (unpaired) electrons. The Morgan fingerprint density at radius 1 is 1.00 bits per heavy atom. The number of nitrogens with zero attached hydrogens (tertiary/aromatic N) is 3. The van der Waals surface area contributed by atoms with Gasteiger partial charge >= 0.3 is 6.01 Å². The molecule has 8 nitrogen and oxygen atoms in total. The number of aryl methyl sites for hydroxylation is 1. The van der Waals surface area contributed by atoms with Crippen molar-refractivity contribution in [2.24, 2.45) is 0 Å². The first-order valence-electron chi connectivity index (χ1n) is 8.02. The van der Waals surface area contributed by atoms with Crippen LogP contribution < -0.4 is 5.32 Å². The summed E-state index contributed by atoms with van der Waals surface area (Å²) in [5, 5.41) is 10.2. The molecule has 0 saturated carbocycles. The Hall–Kier alpha value is -3.04. The fraction of sp³-hybridized carbons (Fsp3) is 0.167. The first-order valence-corrected chi connectivity index (χ1v) is 9.46. The minimum atomic E-state index is -3.55. The van der Waals surface area contributed by atoms with Crippen LogP contribution in [0.25, 0.3) is 11.5 Å². The third kappa shape index (κ3) is 4.04. The van der Waals surface area contributed by atoms with Gasteiger partial charge in [0, 0.05) is 25.2 Å². The number of aromatic nitrogens is 2. The van der Waals surface area contributed by atoms with E-state index >= 15 is 0 Å². The van der Waals surface area contributed by atoms with Crippen molar-refractivity contribution in [1.82, 2.24) is 14.5 Å². The van der Waals surface area contributed by atoms with Crippen molar-refractivity contribution in [3.8, 4) is 11.5 Å². The van der Waals surface area contributed by atoms with Crippen LogP contribution in [0, 0.1) is 6.92 Å². The van der Waals surface area contributed by atoms with Crippen LogP contribution >= 0.6 is 0 Å². The maximum atomic E-state index is 12.3. The predicted molar refractivity (Wildman–Crippen MR) is 99.7 cm³/mol. The number of amides is 1. The second-order valence-electron chi connectivity index (χ2n) is 6.04. The lowest BCUT2D eigenvalue weighted by Crippen LogP contribution is -2.22. The molecule has 1 aromatic heterocycles. The molecule has 1 heterocycles. The average Bonchev–Trinajstić information content (AvgIpc) is 3.10. The average molecular weight is 386 g/mol. The molecule has 0 spiro atoms. The van der Waals surface area contributed by atoms with Crippen LogP contribution in [0.4, 0.5) is 6.01 Å². The standard InChI is InChI=1S/C18H18N4O4S/c1-12-4-6-14(7-5-12)17-20-21-18(26-17)19-16(23)13-8-10-15(11-9-13)27(24,25)22(2)3/h4-11H,1-3H3,(H,19,21,23). The summed E-state index contributed by atoms with van der Waals surface area (Å²) in [5.41, 5.74) is 2.11. The van der Waals surface area contributed by atoms with Gasteiger partial charge in [0.25, 0.3) is 5.91 Å². The van der Waals surface area contributed by atoms with E-state index in [-0.39, 0.29) is 22.4 Å². The summed E-state index contributed by atoms with van der Waals surface area (Å²) in [6.07, 6.45) is 0. The van der Waals surface area contributed by atoms with Crippen molar-refractivity contribution >= 4 is 21.9 Å². The van der Waals surface area contributed by atoms with Crippen molar-refractivity contribution in [3.63, 3.8) is 0 Å². The van der Waals surface area contributed by atoms with Crippen molar-refractivity contribution in [2.45, 2.75) is 11.8 Å². The smallest absolute Gasteiger partial charge is 0.322 e. The Bertz CT molecular complexity index is 1060. The maximum absolute atomic E-state index is 12.3. The first kappa shape index (κ1) is 18.7. The minimum Gasteiger partial charge on any atom is -0.403 e. The van der Waals surface area contributed by atoms with Gasteiger partial charge in [0.15, 0.2) is 0 Å². The van der Waals surface area contributed by atoms with Crippen molar-refractivity contribution in [1.29, 1.82) is 0 Å². The summed E-state index contributed by atoms with van der Waals surface area (Å²) in [5.74, 6) is -0.194. The van der Waals surface area contributed by atoms with Gasteiger partial charge in [0.05, 0.1) is 4.90 Å². The largest absolute Gasteiger partial charge is 0.403 e. The number of benzene rings is 2. The van der Waals surface area contributed by atoms with E-state index in [0.29, 0.717) is 0 Å². The molecule has 27 heavy (non-hydrogen) atoms. The highest BCUT2D eigenvalue weighted by molar-refractivity contribution is 7.89. The zero-order valence-corrected chi connectivity index (χ0v) is 15.8. The number of hydrogen-bond acceptors (Lipinski definition) is 6. The van der Waals surface area contributed by atoms with Gasteiger partial charge in [-0.05, 0) is 43.3 Å². The fourth-order valence-electron chi connectivity index (χ4n) is 2.24. The number of carbonyl (C=O) groups excluding carboxylic acids is 1. The first-order chi connectivity index (χ1) is 12.8. The Morgan fingerprint density at radius 3 is 2.22 bits per heavy atom. The van der Waals surface area contributed by atoms with Crippen LogP contribution in [0.2, 0.25) is 0 Å². The molecule has 0 fully saturated rings. The van der Waals surface area contributed by atoms with Crippen LogP contribution in [-0.4, -0.2) is 42.9 Å². The second kappa shape index (κ2) is 7.29. The van der Waals surface area contributed by atoms with Crippen LogP contribution in [0.15, 0.2) is 57.8 Å². The highest BCUT2D eigenvalue weighted by Crippen LogP contribution is 2.21. The molecule has 0 unspecified atom stereocenters. The molecule has 0 aliphatic carbocycles. The van der Waals surface area contributed by atoms with Crippen LogP contribution in [0.1, 0.15) is 15.9 Å². The summed E-state index contributed by atoms with van der Waals surface area (Å²) >= 11 is 0. The lowest BCUT2D eigenvalue weighted by atomic mass is 10.1. The van der Waals surface area contributed by atoms with Gasteiger partial charge in [-0.1, -0.05) is 22.8 Å². The molecule has 0 saturated heterocycles. The number of anilines is 1. The van der Waals surface area contributed by atoms with Gasteiger partial charge < -0.3 is 4.42 Å². The quantitative estimate of drug-likeness (QED) is 0.722. The molecule has 3 rings (SSSR count). The van der Waals surface area contributed by atoms with Gasteiger partial charge in [-0.15, -0.1) is 5.10 Å². The molecule has 0 aliphatic rings. The molecule has 1 N–H and O–H groups in total. The lowest BCUT2D eigenvalue weighted by molar-refractivity contribution is 0.102. The van der Waals surface area contributed by atoms with E-state index in [1.165, 1.54) is 38.4 Å². The molecular formula is C18H18N4O4S. The van der Waals surface area contributed by atoms with Crippen LogP contribution in [-0.2, 0) is 10.0 Å². The summed E-state index contributed by atoms with van der Waals surface area (Å²) in [6.45, 7) is 1.97. The van der Waals surface area contributed by atoms with Gasteiger partial charge in [-0.25, -0.2) is 12.7 Å². The molecule has 3 aromatic rings. The number of sulfonamides is 1. The van der Waals surface area contributed by atoms with E-state index in [1.807, 2.05) is 31.2 Å². The van der Waals surface area contributed by atoms with E-state index in [1.54, 1.807) is 0 Å². The lowest BCUT2D eigenvalue weighted by Gasteiger charge is -2.11. The molecule has 140 valence electrons. The molecule has 0 aliphatic heterocycles. The molecule has 9 heteroatoms. The normalized spacial score (nSPS) is 11.6. The Morgan fingerprint density at radius 2 is 1.63 bits per heavy atom. The topological polar surface area (TPSA) is 105 Å². The molecule has 2 aromatic carbocycles. The van der Waals surface area contributed by atoms with Gasteiger partial charge in [-0.3, -0.25) is 10.1 Å². The number of carbonyl (C=O) groups is 1. The zero-order valence-electron chi connectivity index (χ0n) is 15.0. The molecule has 0 bridgehead atoms. The van der Waals surface area contributed by atoms with Gasteiger partial charge in [0.2, 0.25) is 15.9 Å². The summed E-state index contributed by atoms with van der Waals surface area (Å²) in [7, 11) is -0.665. The van der Waals surface area contributed by atoms with E-state index in [9.17, 15) is 13.2 Å². The van der Waals surface area contributed by atoms with Crippen molar-refractivity contribution < 1.29 is 17.6 Å². The summed E-state index contributed by atoms with van der Waals surface area (Å²) < 4.78 is 30.7. The summed E-state index contributed by atoms with van der Waals surface area (Å²) in [4.78, 5) is 12.4. The van der Waals surface area contributed by atoms with Gasteiger partial charge in [-0.2, -0.15) is 0 Å². The monoisotopic (exact) mass is 386 g/mol. The number of rotatable bonds is 5. The fourth-order valence-corrected chi connectivity index (χ4v) is 3.15. The molecule has 1 amide bonds. The number of hydrogen-bond donors (Lipinski definition) is 1. The Balaban J connectivity index is 1.73. The highest BCUT2D eigenvalue weighted by Gasteiger charge is 2.18. The van der Waals surface area contributed by atoms with E-state index in [2.05, 4.69) is 15.5 Å². The SMILES string of the molecule is Cc1ccc(-c2nnc(NC(=O)c3ccc(S(=O)(=O)N(C)C)cc3)o2)cc1. The minimum absolute atomic E-state index is 0.0411. The van der Waals surface area contributed by atoms with Crippen LogP contribution in [0.3, 0.4) is 0 Å². The van der Waals surface area contributed by atoms with E-state index in [0.717, 1.165) is 15.4 Å². The summed E-state index contributed by atoms with van der Waals surface area (Å²) in [6, 6.07) is 13.1. The van der Waals surface area contributed by atoms with Crippen molar-refractivity contribution in [3.05, 3.63) is 59.7 Å².